The van der Waals surface area contributed by atoms with Crippen molar-refractivity contribution in [1.29, 1.82) is 0 Å². The smallest absolute Gasteiger partial charge is 0.261 e. The average Bonchev–Trinajstić information content (AvgIpc) is 2.97. The predicted molar refractivity (Wildman–Crippen MR) is 179 cm³/mol. The quantitative estimate of drug-likeness (QED) is 0.298. The van der Waals surface area contributed by atoms with Crippen molar-refractivity contribution < 1.29 is 0 Å². The van der Waals surface area contributed by atoms with Crippen LogP contribution in [0.3, 0.4) is 0 Å². The largest absolute Gasteiger partial charge is 0.340 e. The van der Waals surface area contributed by atoms with E-state index in [4.69, 9.17) is 9.98 Å². The summed E-state index contributed by atoms with van der Waals surface area (Å²) in [4.78, 5) is 31.3. The molecule has 5 atom stereocenters. The first-order valence-electron chi connectivity index (χ1n) is 16.4. The van der Waals surface area contributed by atoms with Crippen molar-refractivity contribution in [3.63, 3.8) is 0 Å². The highest BCUT2D eigenvalue weighted by atomic mass is 16.1. The second kappa shape index (κ2) is 13.1. The van der Waals surface area contributed by atoms with Crippen molar-refractivity contribution in [3.05, 3.63) is 47.0 Å². The fourth-order valence-corrected chi connectivity index (χ4v) is 7.10. The molecule has 2 aliphatic heterocycles. The lowest BCUT2D eigenvalue weighted by Gasteiger charge is -2.49. The number of benzene rings is 1. The maximum Gasteiger partial charge on any atom is 0.261 e. The Morgan fingerprint density at radius 2 is 1.91 bits per heavy atom. The van der Waals surface area contributed by atoms with Gasteiger partial charge in [-0.25, -0.2) is 9.98 Å². The van der Waals surface area contributed by atoms with Crippen LogP contribution >= 0.6 is 0 Å². The van der Waals surface area contributed by atoms with E-state index in [0.717, 1.165) is 75.2 Å². The number of likely N-dealkylation sites (N-methyl/N-ethyl adjacent to an activating group) is 1. The minimum atomic E-state index is -0.00739. The number of hydrogen-bond donors (Lipinski definition) is 2. The number of allylic oxidation sites excluding steroid dienone is 1. The van der Waals surface area contributed by atoms with Crippen molar-refractivity contribution in [2.45, 2.75) is 73.1 Å². The van der Waals surface area contributed by atoms with Crippen molar-refractivity contribution in [2.24, 2.45) is 28.2 Å². The molecule has 9 nitrogen and oxygen atoms in total. The van der Waals surface area contributed by atoms with Gasteiger partial charge in [0.05, 0.1) is 23.5 Å². The molecule has 2 saturated heterocycles. The number of aliphatic imine (C=N–C) groups is 1. The third-order valence-corrected chi connectivity index (χ3v) is 11.0. The number of nitrogens with zero attached hydrogens (tertiary/aromatic N) is 6. The van der Waals surface area contributed by atoms with E-state index in [1.807, 2.05) is 18.2 Å². The van der Waals surface area contributed by atoms with E-state index in [0.29, 0.717) is 47.7 Å². The van der Waals surface area contributed by atoms with Gasteiger partial charge in [0.15, 0.2) is 5.96 Å². The molecular formula is C34H54N8O. The Bertz CT molecular complexity index is 1370. The van der Waals surface area contributed by atoms with E-state index >= 15 is 0 Å². The number of aromatic nitrogens is 2. The van der Waals surface area contributed by atoms with Crippen LogP contribution in [0.15, 0.2) is 40.6 Å². The van der Waals surface area contributed by atoms with E-state index < -0.39 is 0 Å². The van der Waals surface area contributed by atoms with E-state index in [9.17, 15) is 4.79 Å². The molecule has 0 radical (unpaired) electrons. The summed E-state index contributed by atoms with van der Waals surface area (Å²) in [6.45, 7) is 26.0. The lowest BCUT2D eigenvalue weighted by Crippen LogP contribution is -2.54. The molecule has 3 heterocycles. The molecule has 236 valence electrons. The summed E-state index contributed by atoms with van der Waals surface area (Å²) in [5, 5.41) is 7.92. The van der Waals surface area contributed by atoms with Crippen molar-refractivity contribution in [2.75, 3.05) is 58.2 Å². The third kappa shape index (κ3) is 6.84. The number of guanidine groups is 1. The van der Waals surface area contributed by atoms with Gasteiger partial charge < -0.3 is 20.4 Å². The van der Waals surface area contributed by atoms with E-state index in [1.165, 1.54) is 0 Å². The van der Waals surface area contributed by atoms with Crippen LogP contribution in [-0.2, 0) is 13.1 Å². The molecule has 0 bridgehead atoms. The number of anilines is 1. The summed E-state index contributed by atoms with van der Waals surface area (Å²) in [6, 6.07) is 6.59. The van der Waals surface area contributed by atoms with E-state index in [-0.39, 0.29) is 11.6 Å². The first kappa shape index (κ1) is 31.7. The van der Waals surface area contributed by atoms with Gasteiger partial charge in [-0.2, -0.15) is 0 Å². The van der Waals surface area contributed by atoms with E-state index in [2.05, 4.69) is 80.5 Å². The second-order valence-corrected chi connectivity index (χ2v) is 14.1. The molecule has 5 rings (SSSR count). The number of hydrogen-bond acceptors (Lipinski definition) is 6. The van der Waals surface area contributed by atoms with Gasteiger partial charge in [-0.05, 0) is 61.8 Å². The zero-order chi connectivity index (χ0) is 30.9. The van der Waals surface area contributed by atoms with Crippen LogP contribution in [0.2, 0.25) is 0 Å². The lowest BCUT2D eigenvalue weighted by atomic mass is 9.58. The molecule has 9 heteroatoms. The van der Waals surface area contributed by atoms with Gasteiger partial charge in [-0.3, -0.25) is 14.3 Å². The van der Waals surface area contributed by atoms with Gasteiger partial charge in [0, 0.05) is 64.1 Å². The Labute approximate surface area is 258 Å². The summed E-state index contributed by atoms with van der Waals surface area (Å²) in [7, 11) is 2.16. The highest BCUT2D eigenvalue weighted by Crippen LogP contribution is 2.48. The molecule has 1 saturated carbocycles. The Balaban J connectivity index is 1.48. The topological polar surface area (TPSA) is 81.0 Å². The van der Waals surface area contributed by atoms with Crippen LogP contribution < -0.4 is 16.2 Å². The van der Waals surface area contributed by atoms with Crippen LogP contribution in [0.5, 0.6) is 0 Å². The van der Waals surface area contributed by atoms with Gasteiger partial charge in [0.25, 0.3) is 5.56 Å². The summed E-state index contributed by atoms with van der Waals surface area (Å²) >= 11 is 0. The molecule has 3 aliphatic rings. The molecule has 0 spiro atoms. The monoisotopic (exact) mass is 590 g/mol. The summed E-state index contributed by atoms with van der Waals surface area (Å²) in [5.74, 6) is 3.39. The summed E-state index contributed by atoms with van der Waals surface area (Å²) in [6.07, 6.45) is 2.87. The van der Waals surface area contributed by atoms with Crippen LogP contribution in [0, 0.1) is 23.2 Å². The van der Waals surface area contributed by atoms with Crippen LogP contribution in [0.4, 0.5) is 5.69 Å². The molecule has 2 aromatic rings. The van der Waals surface area contributed by atoms with E-state index in [1.54, 1.807) is 10.6 Å². The standard InChI is InChI=1S/C34H54N8O/c1-9-13-42-31(22-40-17-15-39(8)16-18-40)37-30-20-27(10-11-28(30)32(42)43)36-33(41-14-12-35-24(3)21-41)38-29-19-23(2)34(6,7)26(5)25(29)4/h9-11,20,23-26,29,35H,1,12-19,21-22H2,2-8H3,(H,36,38)/t23-,24+,25+,26+,29?/m1/s1. The highest BCUT2D eigenvalue weighted by molar-refractivity contribution is 5.96. The second-order valence-electron chi connectivity index (χ2n) is 14.1. The predicted octanol–water partition coefficient (Wildman–Crippen LogP) is 4.10. The number of nitrogens with one attached hydrogen (secondary N) is 2. The normalized spacial score (nSPS) is 29.1. The van der Waals surface area contributed by atoms with Crippen molar-refractivity contribution in [1.82, 2.24) is 29.6 Å². The van der Waals surface area contributed by atoms with Crippen LogP contribution in [0.25, 0.3) is 10.9 Å². The zero-order valence-corrected chi connectivity index (χ0v) is 27.6. The molecule has 1 aliphatic carbocycles. The third-order valence-electron chi connectivity index (χ3n) is 11.0. The molecular weight excluding hydrogens is 536 g/mol. The summed E-state index contributed by atoms with van der Waals surface area (Å²) < 4.78 is 1.78. The first-order valence-corrected chi connectivity index (χ1v) is 16.4. The number of piperazine rings is 2. The van der Waals surface area contributed by atoms with Crippen molar-refractivity contribution in [3.8, 4) is 0 Å². The molecule has 3 fully saturated rings. The van der Waals surface area contributed by atoms with Crippen molar-refractivity contribution >= 4 is 22.5 Å². The lowest BCUT2D eigenvalue weighted by molar-refractivity contribution is 0.0266. The fourth-order valence-electron chi connectivity index (χ4n) is 7.10. The van der Waals surface area contributed by atoms with Gasteiger partial charge in [-0.1, -0.05) is 40.7 Å². The molecule has 0 amide bonds. The minimum Gasteiger partial charge on any atom is -0.340 e. The Hall–Kier alpha value is -2.75. The van der Waals surface area contributed by atoms with Gasteiger partial charge >= 0.3 is 0 Å². The SMILES string of the molecule is C=CCn1c(CN2CCN(C)CC2)nc2cc(NC(=NC3C[C@@H](C)C(C)(C)[C@@H](C)[C@@H]3C)N3CCN[C@@H](C)C3)ccc2c1=O. The Morgan fingerprint density at radius 3 is 2.60 bits per heavy atom. The van der Waals surface area contributed by atoms with Crippen LogP contribution in [0.1, 0.15) is 53.8 Å². The number of fused-ring (bicyclic) bond motifs is 1. The molecule has 1 aromatic carbocycles. The maximum absolute atomic E-state index is 13.7. The van der Waals surface area contributed by atoms with Gasteiger partial charge in [-0.15, -0.1) is 6.58 Å². The van der Waals surface area contributed by atoms with Gasteiger partial charge in [0.2, 0.25) is 0 Å². The highest BCUT2D eigenvalue weighted by Gasteiger charge is 2.44. The first-order chi connectivity index (χ1) is 20.5. The fraction of sp³-hybridized carbons (Fsp3) is 0.676. The average molecular weight is 591 g/mol. The Kier molecular flexibility index (Phi) is 9.64. The Morgan fingerprint density at radius 1 is 1.16 bits per heavy atom. The molecule has 2 N–H and O–H groups in total. The summed E-state index contributed by atoms with van der Waals surface area (Å²) in [5.41, 5.74) is 1.93. The maximum atomic E-state index is 13.7. The van der Waals surface area contributed by atoms with Gasteiger partial charge in [0.1, 0.15) is 5.82 Å². The zero-order valence-electron chi connectivity index (χ0n) is 27.6. The molecule has 43 heavy (non-hydrogen) atoms. The molecule has 1 unspecified atom stereocenters. The van der Waals surface area contributed by atoms with Crippen LogP contribution in [-0.4, -0.2) is 95.2 Å². The number of rotatable bonds is 6. The molecule has 1 aromatic heterocycles. The minimum absolute atomic E-state index is 0.00739.